The van der Waals surface area contributed by atoms with Gasteiger partial charge in [0.1, 0.15) is 0 Å². The summed E-state index contributed by atoms with van der Waals surface area (Å²) in [5.74, 6) is -1.09. The van der Waals surface area contributed by atoms with Crippen LogP contribution < -0.4 is 5.73 Å². The van der Waals surface area contributed by atoms with Crippen LogP contribution in [0.1, 0.15) is 26.7 Å². The summed E-state index contributed by atoms with van der Waals surface area (Å²) in [6.45, 7) is 3.51. The molecule has 1 unspecified atom stereocenters. The van der Waals surface area contributed by atoms with Crippen molar-refractivity contribution in [1.29, 1.82) is 0 Å². The fraction of sp³-hybridized carbons (Fsp3) is 0.857. The maximum atomic E-state index is 10.9. The minimum Gasteiger partial charge on any atom is -0.463 e. The second kappa shape index (κ2) is 6.27. The van der Waals surface area contributed by atoms with E-state index in [2.05, 4.69) is 0 Å². The van der Waals surface area contributed by atoms with Crippen molar-refractivity contribution in [2.45, 2.75) is 38.6 Å². The van der Waals surface area contributed by atoms with Gasteiger partial charge in [-0.1, -0.05) is 0 Å². The molecule has 0 heterocycles. The Bertz CT molecular complexity index is 163. The molecular weight excluding hydrogens is 193 g/mol. The van der Waals surface area contributed by atoms with Gasteiger partial charge in [-0.25, -0.2) is 0 Å². The molecule has 0 fully saturated rings. The third kappa shape index (κ3) is 6.90. The fourth-order valence-corrected chi connectivity index (χ4v) is 1.06. The number of ether oxygens (including phenoxy) is 1. The van der Waals surface area contributed by atoms with Crippen molar-refractivity contribution in [1.82, 2.24) is 0 Å². The molecule has 0 amide bonds. The molecule has 0 saturated heterocycles. The molecule has 13 heavy (non-hydrogen) atoms. The average Bonchev–Trinajstić information content (AvgIpc) is 1.98. The first-order valence-corrected chi connectivity index (χ1v) is 5.37. The molecular formula is C7H16NO4P. The lowest BCUT2D eigenvalue weighted by atomic mass is 10.3. The fourth-order valence-electron chi connectivity index (χ4n) is 0.703. The second-order valence-electron chi connectivity index (χ2n) is 2.97. The van der Waals surface area contributed by atoms with Crippen LogP contribution in [0.5, 0.6) is 0 Å². The van der Waals surface area contributed by atoms with Gasteiger partial charge < -0.3 is 20.3 Å². The zero-order valence-corrected chi connectivity index (χ0v) is 8.70. The zero-order chi connectivity index (χ0) is 10.4. The minimum absolute atomic E-state index is 0.124. The third-order valence-corrected chi connectivity index (χ3v) is 2.16. The van der Waals surface area contributed by atoms with Gasteiger partial charge >= 0.3 is 5.97 Å². The van der Waals surface area contributed by atoms with Crippen LogP contribution in [0.2, 0.25) is 0 Å². The van der Waals surface area contributed by atoms with Gasteiger partial charge in [-0.3, -0.25) is 4.79 Å². The summed E-state index contributed by atoms with van der Waals surface area (Å²) in [7, 11) is -2.14. The van der Waals surface area contributed by atoms with Gasteiger partial charge in [0.05, 0.1) is 11.9 Å². The Morgan fingerprint density at radius 1 is 1.54 bits per heavy atom. The predicted molar refractivity (Wildman–Crippen MR) is 49.8 cm³/mol. The largest absolute Gasteiger partial charge is 0.463 e. The van der Waals surface area contributed by atoms with Crippen LogP contribution in [-0.4, -0.2) is 27.6 Å². The van der Waals surface area contributed by atoms with E-state index in [4.69, 9.17) is 20.3 Å². The van der Waals surface area contributed by atoms with Crippen molar-refractivity contribution in [3.05, 3.63) is 0 Å². The lowest BCUT2D eigenvalue weighted by Gasteiger charge is -2.12. The van der Waals surface area contributed by atoms with Crippen LogP contribution in [0.25, 0.3) is 0 Å². The molecule has 0 aliphatic heterocycles. The average molecular weight is 209 g/mol. The molecule has 0 saturated carbocycles. The number of hydrogen-bond donors (Lipinski definition) is 3. The third-order valence-electron chi connectivity index (χ3n) is 1.31. The first kappa shape index (κ1) is 12.8. The molecule has 0 rings (SSSR count). The quantitative estimate of drug-likeness (QED) is 0.447. The second-order valence-corrected chi connectivity index (χ2v) is 4.27. The molecule has 4 N–H and O–H groups in total. The van der Waals surface area contributed by atoms with Gasteiger partial charge in [0.2, 0.25) is 0 Å². The minimum atomic E-state index is -2.14. The topological polar surface area (TPSA) is 92.8 Å². The van der Waals surface area contributed by atoms with E-state index in [0.29, 0.717) is 0 Å². The Kier molecular flexibility index (Phi) is 6.16. The molecule has 0 aromatic heterocycles. The van der Waals surface area contributed by atoms with Gasteiger partial charge in [-0.05, 0) is 20.3 Å². The molecule has 0 aromatic rings. The summed E-state index contributed by atoms with van der Waals surface area (Å²) in [6, 6.07) is 0. The molecule has 0 radical (unpaired) electrons. The van der Waals surface area contributed by atoms with Crippen LogP contribution in [0.4, 0.5) is 0 Å². The van der Waals surface area contributed by atoms with Crippen molar-refractivity contribution >= 4 is 14.3 Å². The van der Waals surface area contributed by atoms with Crippen molar-refractivity contribution < 1.29 is 19.3 Å². The van der Waals surface area contributed by atoms with E-state index in [0.717, 1.165) is 0 Å². The van der Waals surface area contributed by atoms with Gasteiger partial charge in [-0.15, -0.1) is 0 Å². The van der Waals surface area contributed by atoms with E-state index in [1.165, 1.54) is 0 Å². The molecule has 0 aliphatic carbocycles. The van der Waals surface area contributed by atoms with Crippen LogP contribution in [0.15, 0.2) is 0 Å². The summed E-state index contributed by atoms with van der Waals surface area (Å²) in [5, 5.41) is 0. The maximum absolute atomic E-state index is 10.9. The highest BCUT2D eigenvalue weighted by atomic mass is 31.2. The summed E-state index contributed by atoms with van der Waals surface area (Å²) in [6.07, 6.45) is 0.220. The number of carbonyl (C=O) groups is 1. The van der Waals surface area contributed by atoms with E-state index < -0.39 is 14.2 Å². The number of hydrogen-bond acceptors (Lipinski definition) is 5. The molecule has 78 valence electrons. The molecule has 6 heteroatoms. The summed E-state index contributed by atoms with van der Waals surface area (Å²) in [4.78, 5) is 28.3. The Morgan fingerprint density at radius 2 is 2.08 bits per heavy atom. The van der Waals surface area contributed by atoms with E-state index in [1.54, 1.807) is 13.8 Å². The summed E-state index contributed by atoms with van der Waals surface area (Å²) < 4.78 is 4.83. The Balaban J connectivity index is 3.58. The monoisotopic (exact) mass is 209 g/mol. The highest BCUT2D eigenvalue weighted by Gasteiger charge is 2.15. The SMILES string of the molecule is CC(C)OC(=O)CCC(N)P(O)O. The van der Waals surface area contributed by atoms with Gasteiger partial charge in [0.25, 0.3) is 0 Å². The number of esters is 1. The van der Waals surface area contributed by atoms with E-state index in [1.807, 2.05) is 0 Å². The molecule has 0 bridgehead atoms. The standard InChI is InChI=1S/C7H16NO4P/c1-5(2)12-7(9)4-3-6(8)13(10)11/h5-6,10-11H,3-4,8H2,1-2H3. The van der Waals surface area contributed by atoms with Gasteiger partial charge in [0.15, 0.2) is 8.38 Å². The molecule has 0 aromatic carbocycles. The Morgan fingerprint density at radius 3 is 2.46 bits per heavy atom. The molecule has 0 aliphatic rings. The maximum Gasteiger partial charge on any atom is 0.306 e. The van der Waals surface area contributed by atoms with Crippen LogP contribution in [-0.2, 0) is 9.53 Å². The number of rotatable bonds is 5. The van der Waals surface area contributed by atoms with Gasteiger partial charge in [0, 0.05) is 6.42 Å². The summed E-state index contributed by atoms with van der Waals surface area (Å²) >= 11 is 0. The first-order chi connectivity index (χ1) is 5.93. The highest BCUT2D eigenvalue weighted by Crippen LogP contribution is 2.29. The normalized spacial score (nSPS) is 13.5. The Labute approximate surface area is 78.8 Å². The van der Waals surface area contributed by atoms with Gasteiger partial charge in [-0.2, -0.15) is 0 Å². The van der Waals surface area contributed by atoms with E-state index in [9.17, 15) is 4.79 Å². The number of carbonyl (C=O) groups excluding carboxylic acids is 1. The predicted octanol–water partition coefficient (Wildman–Crippen LogP) is 0.299. The van der Waals surface area contributed by atoms with E-state index in [-0.39, 0.29) is 24.9 Å². The lowest BCUT2D eigenvalue weighted by molar-refractivity contribution is -0.147. The van der Waals surface area contributed by atoms with Crippen molar-refractivity contribution in [2.75, 3.05) is 0 Å². The van der Waals surface area contributed by atoms with Crippen molar-refractivity contribution in [2.24, 2.45) is 5.73 Å². The smallest absolute Gasteiger partial charge is 0.306 e. The number of nitrogens with two attached hydrogens (primary N) is 1. The molecule has 5 nitrogen and oxygen atoms in total. The van der Waals surface area contributed by atoms with Crippen molar-refractivity contribution in [3.8, 4) is 0 Å². The van der Waals surface area contributed by atoms with Crippen LogP contribution >= 0.6 is 8.38 Å². The van der Waals surface area contributed by atoms with Crippen LogP contribution in [0, 0.1) is 0 Å². The highest BCUT2D eigenvalue weighted by molar-refractivity contribution is 7.45. The van der Waals surface area contributed by atoms with Crippen molar-refractivity contribution in [3.63, 3.8) is 0 Å². The molecule has 0 spiro atoms. The first-order valence-electron chi connectivity index (χ1n) is 4.05. The Hall–Kier alpha value is -0.220. The van der Waals surface area contributed by atoms with E-state index >= 15 is 0 Å². The zero-order valence-electron chi connectivity index (χ0n) is 7.80. The lowest BCUT2D eigenvalue weighted by Crippen LogP contribution is -2.20. The summed E-state index contributed by atoms with van der Waals surface area (Å²) in [5.41, 5.74) is 5.32. The molecule has 1 atom stereocenters. The van der Waals surface area contributed by atoms with Crippen LogP contribution in [0.3, 0.4) is 0 Å².